The molecule has 1 aliphatic rings. The van der Waals surface area contributed by atoms with Crippen molar-refractivity contribution in [2.45, 2.75) is 18.9 Å². The predicted molar refractivity (Wildman–Crippen MR) is 78.4 cm³/mol. The lowest BCUT2D eigenvalue weighted by atomic mass is 10.3. The molecule has 1 fully saturated rings. The van der Waals surface area contributed by atoms with Crippen molar-refractivity contribution in [3.8, 4) is 5.75 Å². The quantitative estimate of drug-likeness (QED) is 0.910. The van der Waals surface area contributed by atoms with E-state index in [0.717, 1.165) is 17.4 Å². The molecule has 2 rings (SSSR count). The van der Waals surface area contributed by atoms with Crippen molar-refractivity contribution in [3.05, 3.63) is 27.7 Å². The van der Waals surface area contributed by atoms with Crippen molar-refractivity contribution >= 4 is 33.4 Å². The summed E-state index contributed by atoms with van der Waals surface area (Å²) in [4.78, 5) is 13.7. The van der Waals surface area contributed by atoms with Crippen molar-refractivity contribution < 1.29 is 9.53 Å². The minimum Gasteiger partial charge on any atom is -0.492 e. The Morgan fingerprint density at radius 2 is 2.37 bits per heavy atom. The number of hydrogen-bond donors (Lipinski definition) is 1. The Kier molecular flexibility index (Phi) is 5.07. The third-order valence-electron chi connectivity index (χ3n) is 3.04. The molecular formula is C13H16BrClN2O2. The second-order valence-electron chi connectivity index (χ2n) is 4.56. The van der Waals surface area contributed by atoms with Crippen LogP contribution < -0.4 is 10.5 Å². The number of likely N-dealkylation sites (tertiary alicyclic amines) is 1. The standard InChI is InChI=1S/C13H16BrClN2O2/c14-11-7-9(15)1-2-12(11)19-6-4-13(18)17-5-3-10(16)8-17/h1-2,7,10H,3-6,8,16H2/t10-/m1/s1. The number of nitrogens with zero attached hydrogens (tertiary/aromatic N) is 1. The maximum atomic E-state index is 11.9. The highest BCUT2D eigenvalue weighted by Crippen LogP contribution is 2.28. The van der Waals surface area contributed by atoms with Gasteiger partial charge in [0, 0.05) is 24.2 Å². The molecule has 0 saturated carbocycles. The van der Waals surface area contributed by atoms with Gasteiger partial charge >= 0.3 is 0 Å². The van der Waals surface area contributed by atoms with Crippen LogP contribution in [0, 0.1) is 0 Å². The molecule has 0 spiro atoms. The zero-order chi connectivity index (χ0) is 13.8. The van der Waals surface area contributed by atoms with E-state index in [4.69, 9.17) is 22.1 Å². The number of nitrogens with two attached hydrogens (primary N) is 1. The fourth-order valence-corrected chi connectivity index (χ4v) is 2.81. The maximum Gasteiger partial charge on any atom is 0.226 e. The van der Waals surface area contributed by atoms with Gasteiger partial charge in [0.2, 0.25) is 5.91 Å². The van der Waals surface area contributed by atoms with E-state index in [2.05, 4.69) is 15.9 Å². The normalized spacial score (nSPS) is 18.7. The number of halogens is 2. The lowest BCUT2D eigenvalue weighted by Crippen LogP contribution is -2.32. The van der Waals surface area contributed by atoms with Gasteiger partial charge in [-0.1, -0.05) is 11.6 Å². The molecule has 4 nitrogen and oxygen atoms in total. The van der Waals surface area contributed by atoms with Gasteiger partial charge in [0.15, 0.2) is 0 Å². The van der Waals surface area contributed by atoms with Gasteiger partial charge in [-0.15, -0.1) is 0 Å². The molecule has 6 heteroatoms. The first-order chi connectivity index (χ1) is 9.06. The summed E-state index contributed by atoms with van der Waals surface area (Å²) in [6.45, 7) is 1.76. The Morgan fingerprint density at radius 1 is 1.58 bits per heavy atom. The summed E-state index contributed by atoms with van der Waals surface area (Å²) < 4.78 is 6.35. The lowest BCUT2D eigenvalue weighted by molar-refractivity contribution is -0.130. The van der Waals surface area contributed by atoms with E-state index in [0.29, 0.717) is 30.3 Å². The summed E-state index contributed by atoms with van der Waals surface area (Å²) >= 11 is 9.21. The van der Waals surface area contributed by atoms with E-state index in [1.807, 2.05) is 0 Å². The van der Waals surface area contributed by atoms with Gasteiger partial charge in [-0.3, -0.25) is 4.79 Å². The predicted octanol–water partition coefficient (Wildman–Crippen LogP) is 2.43. The van der Waals surface area contributed by atoms with E-state index < -0.39 is 0 Å². The molecule has 1 heterocycles. The molecule has 104 valence electrons. The van der Waals surface area contributed by atoms with Crippen LogP contribution in [-0.2, 0) is 4.79 Å². The van der Waals surface area contributed by atoms with Crippen LogP contribution in [0.25, 0.3) is 0 Å². The van der Waals surface area contributed by atoms with Crippen LogP contribution in [0.1, 0.15) is 12.8 Å². The maximum absolute atomic E-state index is 11.9. The topological polar surface area (TPSA) is 55.6 Å². The lowest BCUT2D eigenvalue weighted by Gasteiger charge is -2.16. The van der Waals surface area contributed by atoms with Crippen LogP contribution in [0.2, 0.25) is 5.02 Å². The Balaban J connectivity index is 1.78. The average Bonchev–Trinajstić information content (AvgIpc) is 2.78. The molecule has 0 aromatic heterocycles. The minimum atomic E-state index is 0.0954. The number of carbonyl (C=O) groups is 1. The number of carbonyl (C=O) groups excluding carboxylic acids is 1. The summed E-state index contributed by atoms with van der Waals surface area (Å²) in [6, 6.07) is 5.42. The number of amides is 1. The smallest absolute Gasteiger partial charge is 0.226 e. The highest BCUT2D eigenvalue weighted by Gasteiger charge is 2.23. The number of rotatable bonds is 4. The Labute approximate surface area is 126 Å². The molecule has 0 radical (unpaired) electrons. The summed E-state index contributed by atoms with van der Waals surface area (Å²) in [5.74, 6) is 0.786. The van der Waals surface area contributed by atoms with Gasteiger partial charge in [-0.2, -0.15) is 0 Å². The summed E-state index contributed by atoms with van der Waals surface area (Å²) in [7, 11) is 0. The zero-order valence-electron chi connectivity index (χ0n) is 10.4. The van der Waals surface area contributed by atoms with E-state index in [1.54, 1.807) is 23.1 Å². The summed E-state index contributed by atoms with van der Waals surface area (Å²) in [5, 5.41) is 0.640. The third kappa shape index (κ3) is 4.09. The molecule has 0 bridgehead atoms. The monoisotopic (exact) mass is 346 g/mol. The molecule has 1 aromatic carbocycles. The number of hydrogen-bond acceptors (Lipinski definition) is 3. The molecule has 1 amide bonds. The van der Waals surface area contributed by atoms with Crippen molar-refractivity contribution in [1.82, 2.24) is 4.90 Å². The highest BCUT2D eigenvalue weighted by atomic mass is 79.9. The van der Waals surface area contributed by atoms with Gasteiger partial charge in [0.05, 0.1) is 17.5 Å². The molecule has 1 atom stereocenters. The van der Waals surface area contributed by atoms with Crippen LogP contribution in [0.3, 0.4) is 0 Å². The van der Waals surface area contributed by atoms with Gasteiger partial charge in [0.1, 0.15) is 5.75 Å². The van der Waals surface area contributed by atoms with Gasteiger partial charge < -0.3 is 15.4 Å². The third-order valence-corrected chi connectivity index (χ3v) is 3.90. The second-order valence-corrected chi connectivity index (χ2v) is 5.85. The van der Waals surface area contributed by atoms with E-state index in [1.165, 1.54) is 0 Å². The fourth-order valence-electron chi connectivity index (χ4n) is 2.01. The Bertz CT molecular complexity index is 470. The number of benzene rings is 1. The fraction of sp³-hybridized carbons (Fsp3) is 0.462. The van der Waals surface area contributed by atoms with Gasteiger partial charge in [-0.05, 0) is 40.5 Å². The SMILES string of the molecule is N[C@@H]1CCN(C(=O)CCOc2ccc(Cl)cc2Br)C1. The molecule has 19 heavy (non-hydrogen) atoms. The Morgan fingerprint density at radius 3 is 3.00 bits per heavy atom. The molecule has 0 aliphatic carbocycles. The summed E-state index contributed by atoms with van der Waals surface area (Å²) in [5.41, 5.74) is 5.77. The molecule has 2 N–H and O–H groups in total. The van der Waals surface area contributed by atoms with Gasteiger partial charge in [-0.25, -0.2) is 0 Å². The van der Waals surface area contributed by atoms with Crippen LogP contribution in [0.4, 0.5) is 0 Å². The zero-order valence-corrected chi connectivity index (χ0v) is 12.8. The van der Waals surface area contributed by atoms with Crippen molar-refractivity contribution in [1.29, 1.82) is 0 Å². The molecule has 1 aliphatic heterocycles. The molecule has 1 aromatic rings. The van der Waals surface area contributed by atoms with Crippen LogP contribution in [0.15, 0.2) is 22.7 Å². The average molecular weight is 348 g/mol. The Hall–Kier alpha value is -0.780. The van der Waals surface area contributed by atoms with Crippen LogP contribution in [-0.4, -0.2) is 36.5 Å². The minimum absolute atomic E-state index is 0.0954. The van der Waals surface area contributed by atoms with Crippen LogP contribution in [0.5, 0.6) is 5.75 Å². The van der Waals surface area contributed by atoms with Crippen molar-refractivity contribution in [2.75, 3.05) is 19.7 Å². The van der Waals surface area contributed by atoms with Gasteiger partial charge in [0.25, 0.3) is 0 Å². The van der Waals surface area contributed by atoms with Crippen LogP contribution >= 0.6 is 27.5 Å². The first-order valence-electron chi connectivity index (χ1n) is 6.17. The highest BCUT2D eigenvalue weighted by molar-refractivity contribution is 9.10. The van der Waals surface area contributed by atoms with Crippen molar-refractivity contribution in [3.63, 3.8) is 0 Å². The van der Waals surface area contributed by atoms with Crippen molar-refractivity contribution in [2.24, 2.45) is 5.73 Å². The van der Waals surface area contributed by atoms with E-state index in [9.17, 15) is 4.79 Å². The van der Waals surface area contributed by atoms with E-state index >= 15 is 0 Å². The summed E-state index contributed by atoms with van der Waals surface area (Å²) in [6.07, 6.45) is 1.25. The second kappa shape index (κ2) is 6.59. The first kappa shape index (κ1) is 14.6. The molecule has 0 unspecified atom stereocenters. The van der Waals surface area contributed by atoms with E-state index in [-0.39, 0.29) is 11.9 Å². The molecular weight excluding hydrogens is 332 g/mol. The molecule has 1 saturated heterocycles. The largest absolute Gasteiger partial charge is 0.492 e. The number of ether oxygens (including phenoxy) is 1. The first-order valence-corrected chi connectivity index (χ1v) is 7.34.